The molecule has 14 heavy (non-hydrogen) atoms. The quantitative estimate of drug-likeness (QED) is 0.676. The lowest BCUT2D eigenvalue weighted by Crippen LogP contribution is -2.23. The number of rotatable bonds is 3. The SMILES string of the molecule is C=C(NC/C=C/C(C)(C)C)C(C)(C)C. The second-order valence-corrected chi connectivity index (χ2v) is 5.88. The van der Waals surface area contributed by atoms with Crippen molar-refractivity contribution in [1.29, 1.82) is 0 Å². The highest BCUT2D eigenvalue weighted by atomic mass is 14.9. The Bertz CT molecular complexity index is 210. The summed E-state index contributed by atoms with van der Waals surface area (Å²) in [5.41, 5.74) is 1.51. The summed E-state index contributed by atoms with van der Waals surface area (Å²) in [4.78, 5) is 0. The van der Waals surface area contributed by atoms with Gasteiger partial charge in [0.05, 0.1) is 0 Å². The molecule has 0 aromatic rings. The van der Waals surface area contributed by atoms with Gasteiger partial charge in [-0.2, -0.15) is 0 Å². The van der Waals surface area contributed by atoms with E-state index in [4.69, 9.17) is 0 Å². The Morgan fingerprint density at radius 2 is 1.64 bits per heavy atom. The summed E-state index contributed by atoms with van der Waals surface area (Å²) in [6.45, 7) is 18.0. The minimum Gasteiger partial charge on any atom is -0.385 e. The second kappa shape index (κ2) is 4.68. The lowest BCUT2D eigenvalue weighted by molar-refractivity contribution is 0.469. The topological polar surface area (TPSA) is 12.0 Å². The van der Waals surface area contributed by atoms with E-state index in [0.29, 0.717) is 0 Å². The Morgan fingerprint density at radius 1 is 1.14 bits per heavy atom. The summed E-state index contributed by atoms with van der Waals surface area (Å²) in [6.07, 6.45) is 4.38. The van der Waals surface area contributed by atoms with Crippen LogP contribution in [-0.2, 0) is 0 Å². The van der Waals surface area contributed by atoms with E-state index in [2.05, 4.69) is 65.6 Å². The van der Waals surface area contributed by atoms with Gasteiger partial charge in [-0.1, -0.05) is 60.3 Å². The minimum atomic E-state index is 0.148. The molecular formula is C13H25N. The molecule has 0 rings (SSSR count). The number of nitrogens with one attached hydrogen (secondary N) is 1. The highest BCUT2D eigenvalue weighted by Gasteiger charge is 2.13. The van der Waals surface area contributed by atoms with Crippen molar-refractivity contribution in [2.24, 2.45) is 10.8 Å². The fourth-order valence-corrected chi connectivity index (χ4v) is 0.860. The van der Waals surface area contributed by atoms with Crippen LogP contribution in [0.3, 0.4) is 0 Å². The van der Waals surface area contributed by atoms with Gasteiger partial charge in [-0.15, -0.1) is 0 Å². The van der Waals surface area contributed by atoms with Crippen LogP contribution in [-0.4, -0.2) is 6.54 Å². The van der Waals surface area contributed by atoms with Gasteiger partial charge in [0.1, 0.15) is 0 Å². The first-order valence-electron chi connectivity index (χ1n) is 5.24. The highest BCUT2D eigenvalue weighted by Crippen LogP contribution is 2.20. The standard InChI is InChI=1S/C13H25N/c1-11(13(5,6)7)14-10-8-9-12(2,3)4/h8-9,14H,1,10H2,2-7H3/b9-8+. The molecule has 0 aliphatic rings. The maximum Gasteiger partial charge on any atom is 0.0328 e. The molecule has 0 unspecified atom stereocenters. The van der Waals surface area contributed by atoms with Gasteiger partial charge < -0.3 is 5.32 Å². The van der Waals surface area contributed by atoms with Crippen molar-refractivity contribution in [3.63, 3.8) is 0 Å². The van der Waals surface area contributed by atoms with Crippen LogP contribution in [0.4, 0.5) is 0 Å². The predicted octanol–water partition coefficient (Wildman–Crippen LogP) is 3.74. The Hall–Kier alpha value is -0.720. The van der Waals surface area contributed by atoms with Gasteiger partial charge in [-0.3, -0.25) is 0 Å². The molecule has 0 fully saturated rings. The fraction of sp³-hybridized carbons (Fsp3) is 0.692. The van der Waals surface area contributed by atoms with Gasteiger partial charge in [0.25, 0.3) is 0 Å². The van der Waals surface area contributed by atoms with E-state index in [9.17, 15) is 0 Å². The summed E-state index contributed by atoms with van der Waals surface area (Å²) in [6, 6.07) is 0. The van der Waals surface area contributed by atoms with Crippen LogP contribution in [0.25, 0.3) is 0 Å². The molecule has 0 aliphatic heterocycles. The molecule has 0 aromatic carbocycles. The molecule has 1 heteroatoms. The highest BCUT2D eigenvalue weighted by molar-refractivity contribution is 5.04. The van der Waals surface area contributed by atoms with Crippen LogP contribution >= 0.6 is 0 Å². The second-order valence-electron chi connectivity index (χ2n) is 5.88. The molecule has 0 atom stereocenters. The normalized spacial score (nSPS) is 13.3. The average molecular weight is 195 g/mol. The average Bonchev–Trinajstić information content (AvgIpc) is 1.93. The van der Waals surface area contributed by atoms with Crippen LogP contribution in [0, 0.1) is 10.8 Å². The van der Waals surface area contributed by atoms with Gasteiger partial charge in [-0.25, -0.2) is 0 Å². The van der Waals surface area contributed by atoms with Crippen LogP contribution in [0.15, 0.2) is 24.4 Å². The Balaban J connectivity index is 3.88. The van der Waals surface area contributed by atoms with E-state index in [1.165, 1.54) is 0 Å². The molecule has 0 heterocycles. The smallest absolute Gasteiger partial charge is 0.0328 e. The molecule has 0 saturated carbocycles. The zero-order valence-corrected chi connectivity index (χ0v) is 10.6. The largest absolute Gasteiger partial charge is 0.385 e. The minimum absolute atomic E-state index is 0.148. The Labute approximate surface area is 89.3 Å². The molecule has 1 N–H and O–H groups in total. The van der Waals surface area contributed by atoms with Gasteiger partial charge in [0.2, 0.25) is 0 Å². The molecule has 0 aliphatic carbocycles. The molecule has 1 nitrogen and oxygen atoms in total. The van der Waals surface area contributed by atoms with Crippen molar-refractivity contribution < 1.29 is 0 Å². The maximum absolute atomic E-state index is 4.01. The number of hydrogen-bond acceptors (Lipinski definition) is 1. The van der Waals surface area contributed by atoms with Crippen LogP contribution in [0.2, 0.25) is 0 Å². The van der Waals surface area contributed by atoms with Crippen molar-refractivity contribution in [2.75, 3.05) is 6.54 Å². The molecule has 0 radical (unpaired) electrons. The first-order valence-corrected chi connectivity index (χ1v) is 5.24. The summed E-state index contributed by atoms with van der Waals surface area (Å²) < 4.78 is 0. The zero-order chi connectivity index (χ0) is 11.4. The molecule has 0 spiro atoms. The third-order valence-electron chi connectivity index (χ3n) is 1.96. The van der Waals surface area contributed by atoms with Crippen LogP contribution in [0.5, 0.6) is 0 Å². The van der Waals surface area contributed by atoms with Gasteiger partial charge in [0.15, 0.2) is 0 Å². The molecular weight excluding hydrogens is 170 g/mol. The number of allylic oxidation sites excluding steroid dienone is 2. The van der Waals surface area contributed by atoms with Crippen molar-refractivity contribution in [3.05, 3.63) is 24.4 Å². The lowest BCUT2D eigenvalue weighted by Gasteiger charge is -2.22. The first-order chi connectivity index (χ1) is 6.13. The monoisotopic (exact) mass is 195 g/mol. The van der Waals surface area contributed by atoms with Crippen molar-refractivity contribution >= 4 is 0 Å². The molecule has 82 valence electrons. The molecule has 0 amide bonds. The third kappa shape index (κ3) is 6.76. The van der Waals surface area contributed by atoms with Crippen molar-refractivity contribution in [3.8, 4) is 0 Å². The summed E-state index contributed by atoms with van der Waals surface area (Å²) in [5.74, 6) is 0. The van der Waals surface area contributed by atoms with E-state index in [1.54, 1.807) is 0 Å². The maximum atomic E-state index is 4.01. The van der Waals surface area contributed by atoms with E-state index in [1.807, 2.05) is 0 Å². The summed E-state index contributed by atoms with van der Waals surface area (Å²) >= 11 is 0. The van der Waals surface area contributed by atoms with E-state index in [-0.39, 0.29) is 10.8 Å². The summed E-state index contributed by atoms with van der Waals surface area (Å²) in [5, 5.41) is 3.31. The molecule has 0 bridgehead atoms. The fourth-order valence-electron chi connectivity index (χ4n) is 0.860. The van der Waals surface area contributed by atoms with Crippen molar-refractivity contribution in [2.45, 2.75) is 41.5 Å². The predicted molar refractivity (Wildman–Crippen MR) is 65.2 cm³/mol. The lowest BCUT2D eigenvalue weighted by atomic mass is 9.93. The Morgan fingerprint density at radius 3 is 2.00 bits per heavy atom. The van der Waals surface area contributed by atoms with Gasteiger partial charge in [-0.05, 0) is 5.41 Å². The Kier molecular flexibility index (Phi) is 4.44. The third-order valence-corrected chi connectivity index (χ3v) is 1.96. The van der Waals surface area contributed by atoms with Gasteiger partial charge >= 0.3 is 0 Å². The van der Waals surface area contributed by atoms with Gasteiger partial charge in [0, 0.05) is 17.7 Å². The zero-order valence-electron chi connectivity index (χ0n) is 10.6. The van der Waals surface area contributed by atoms with Crippen molar-refractivity contribution in [1.82, 2.24) is 5.32 Å². The van der Waals surface area contributed by atoms with E-state index < -0.39 is 0 Å². The molecule has 0 aromatic heterocycles. The van der Waals surface area contributed by atoms with Crippen LogP contribution < -0.4 is 5.32 Å². The van der Waals surface area contributed by atoms with E-state index >= 15 is 0 Å². The first kappa shape index (κ1) is 13.3. The van der Waals surface area contributed by atoms with Crippen LogP contribution in [0.1, 0.15) is 41.5 Å². The summed E-state index contributed by atoms with van der Waals surface area (Å²) in [7, 11) is 0. The van der Waals surface area contributed by atoms with E-state index in [0.717, 1.165) is 12.2 Å². The number of hydrogen-bond donors (Lipinski definition) is 1. The molecule has 0 saturated heterocycles.